The zero-order chi connectivity index (χ0) is 25.0. The van der Waals surface area contributed by atoms with Gasteiger partial charge in [0.2, 0.25) is 11.8 Å². The van der Waals surface area contributed by atoms with Crippen molar-refractivity contribution in [3.05, 3.63) is 116 Å². The van der Waals surface area contributed by atoms with Crippen molar-refractivity contribution in [1.82, 2.24) is 0 Å². The summed E-state index contributed by atoms with van der Waals surface area (Å²) in [6, 6.07) is 20.9. The van der Waals surface area contributed by atoms with Crippen LogP contribution in [-0.2, 0) is 26.3 Å². The number of nitrogens with one attached hydrogen (secondary N) is 1. The van der Waals surface area contributed by atoms with Gasteiger partial charge in [-0.3, -0.25) is 4.79 Å². The van der Waals surface area contributed by atoms with E-state index in [1.165, 1.54) is 0 Å². The normalized spacial score (nSPS) is 18.0. The molecule has 3 N–H and O–H groups in total. The van der Waals surface area contributed by atoms with E-state index in [0.717, 1.165) is 5.56 Å². The number of carbonyl (C=O) groups excluding carboxylic acids is 2. The molecule has 0 aliphatic carbocycles. The molecule has 2 aliphatic rings. The number of fused-ring (bicyclic) bond motifs is 6. The molecule has 9 heteroatoms. The van der Waals surface area contributed by atoms with Crippen molar-refractivity contribution in [2.45, 2.75) is 12.0 Å². The van der Waals surface area contributed by atoms with Crippen molar-refractivity contribution >= 4 is 44.5 Å². The van der Waals surface area contributed by atoms with Crippen LogP contribution >= 0.6 is 15.9 Å². The molecule has 8 nitrogen and oxygen atoms in total. The maximum Gasteiger partial charge on any atom is 0.345 e. The van der Waals surface area contributed by atoms with E-state index in [0.29, 0.717) is 21.1 Å². The van der Waals surface area contributed by atoms with E-state index in [4.69, 9.17) is 19.6 Å². The summed E-state index contributed by atoms with van der Waals surface area (Å²) in [5.74, 6) is -1.81. The van der Waals surface area contributed by atoms with Crippen molar-refractivity contribution in [3.63, 3.8) is 0 Å². The number of ether oxygens (including phenoxy) is 2. The van der Waals surface area contributed by atoms with Gasteiger partial charge in [-0.25, -0.2) is 9.59 Å². The number of hydrogen-bond acceptors (Lipinski definition) is 7. The Hall–Kier alpha value is -4.37. The first kappa shape index (κ1) is 22.1. The van der Waals surface area contributed by atoms with Crippen molar-refractivity contribution in [2.75, 3.05) is 5.32 Å². The number of nitrogens with two attached hydrogens (primary N) is 1. The molecule has 0 saturated heterocycles. The van der Waals surface area contributed by atoms with Gasteiger partial charge >= 0.3 is 11.6 Å². The monoisotopic (exact) mass is 544 g/mol. The summed E-state index contributed by atoms with van der Waals surface area (Å²) >= 11 is 3.43. The zero-order valence-corrected chi connectivity index (χ0v) is 20.1. The van der Waals surface area contributed by atoms with Gasteiger partial charge in [0.25, 0.3) is 0 Å². The van der Waals surface area contributed by atoms with E-state index in [1.54, 1.807) is 54.6 Å². The van der Waals surface area contributed by atoms with Gasteiger partial charge < -0.3 is 24.9 Å². The summed E-state index contributed by atoms with van der Waals surface area (Å²) < 4.78 is 17.7. The van der Waals surface area contributed by atoms with E-state index in [-0.39, 0.29) is 35.0 Å². The minimum Gasteiger partial charge on any atom is -0.457 e. The molecule has 1 atom stereocenters. The first-order valence-corrected chi connectivity index (χ1v) is 11.8. The fraction of sp³-hybridized carbons (Fsp3) is 0.0741. The van der Waals surface area contributed by atoms with Crippen molar-refractivity contribution in [3.8, 4) is 5.75 Å². The van der Waals surface area contributed by atoms with Crippen LogP contribution in [0.2, 0.25) is 0 Å². The first-order valence-electron chi connectivity index (χ1n) is 11.0. The number of amides is 1. The summed E-state index contributed by atoms with van der Waals surface area (Å²) in [5, 5.41) is 3.22. The number of anilines is 1. The van der Waals surface area contributed by atoms with Crippen molar-refractivity contribution in [2.24, 2.45) is 5.73 Å². The minimum absolute atomic E-state index is 0.0573. The molecule has 0 fully saturated rings. The largest absolute Gasteiger partial charge is 0.457 e. The maximum absolute atomic E-state index is 13.8. The van der Waals surface area contributed by atoms with Gasteiger partial charge in [0.1, 0.15) is 28.7 Å². The third-order valence-electron chi connectivity index (χ3n) is 6.37. The van der Waals surface area contributed by atoms with Crippen LogP contribution in [0.25, 0.3) is 11.0 Å². The molecular weight excluding hydrogens is 528 g/mol. The highest BCUT2D eigenvalue weighted by Crippen LogP contribution is 2.54. The predicted molar refractivity (Wildman–Crippen MR) is 134 cm³/mol. The lowest BCUT2D eigenvalue weighted by Gasteiger charge is -2.34. The standard InChI is InChI=1S/C27H17BrN2O6/c28-15-10-11-18-17(12-15)27(26(33)30-18)20-22(16-8-4-5-9-19(16)35-25(20)32)36-23(29)21(27)24(31)34-13-14-6-2-1-3-7-14/h1-12H,13,29H2,(H,30,33). The lowest BCUT2D eigenvalue weighted by Crippen LogP contribution is -2.48. The lowest BCUT2D eigenvalue weighted by atomic mass is 9.68. The average molecular weight is 545 g/mol. The van der Waals surface area contributed by atoms with Gasteiger partial charge in [-0.05, 0) is 35.9 Å². The van der Waals surface area contributed by atoms with Crippen LogP contribution in [0.15, 0.2) is 97.9 Å². The van der Waals surface area contributed by atoms with Crippen molar-refractivity contribution in [1.29, 1.82) is 0 Å². The molecule has 6 rings (SSSR count). The molecule has 0 radical (unpaired) electrons. The second-order valence-corrected chi connectivity index (χ2v) is 9.30. The number of rotatable bonds is 3. The number of esters is 1. The summed E-state index contributed by atoms with van der Waals surface area (Å²) in [6.07, 6.45) is 0. The third kappa shape index (κ3) is 3.09. The Balaban J connectivity index is 1.63. The van der Waals surface area contributed by atoms with Gasteiger partial charge in [0.05, 0.1) is 5.39 Å². The molecule has 36 heavy (non-hydrogen) atoms. The Morgan fingerprint density at radius 1 is 1.03 bits per heavy atom. The number of halogens is 1. The van der Waals surface area contributed by atoms with Crippen LogP contribution in [0, 0.1) is 0 Å². The Bertz CT molecular complexity index is 1680. The highest BCUT2D eigenvalue weighted by Gasteiger charge is 2.61. The molecule has 3 heterocycles. The fourth-order valence-electron chi connectivity index (χ4n) is 4.84. The molecule has 1 aromatic heterocycles. The average Bonchev–Trinajstić information content (AvgIpc) is 3.14. The summed E-state index contributed by atoms with van der Waals surface area (Å²) in [5.41, 5.74) is 4.91. The SMILES string of the molecule is NC1=C(C(=O)OCc2ccccc2)C2(C(=O)Nc3ccc(Br)cc32)c2c(c3ccccc3oc2=O)O1. The fourth-order valence-corrected chi connectivity index (χ4v) is 5.20. The number of carbonyl (C=O) groups is 2. The zero-order valence-electron chi connectivity index (χ0n) is 18.5. The predicted octanol–water partition coefficient (Wildman–Crippen LogP) is 4.10. The van der Waals surface area contributed by atoms with E-state index < -0.39 is 22.9 Å². The number of benzene rings is 3. The van der Waals surface area contributed by atoms with Crippen LogP contribution in [0.3, 0.4) is 0 Å². The number of para-hydroxylation sites is 1. The molecule has 1 spiro atoms. The van der Waals surface area contributed by atoms with Crippen LogP contribution in [0.5, 0.6) is 5.75 Å². The second kappa shape index (κ2) is 8.10. The summed E-state index contributed by atoms with van der Waals surface area (Å²) in [6.45, 7) is -0.0708. The highest BCUT2D eigenvalue weighted by molar-refractivity contribution is 9.10. The third-order valence-corrected chi connectivity index (χ3v) is 6.86. The Labute approximate surface area is 212 Å². The van der Waals surface area contributed by atoms with E-state index in [9.17, 15) is 14.4 Å². The first-order chi connectivity index (χ1) is 17.4. The highest BCUT2D eigenvalue weighted by atomic mass is 79.9. The smallest absolute Gasteiger partial charge is 0.345 e. The Kier molecular flexibility index (Phi) is 4.97. The van der Waals surface area contributed by atoms with E-state index in [1.807, 2.05) is 18.2 Å². The summed E-state index contributed by atoms with van der Waals surface area (Å²) in [7, 11) is 0. The second-order valence-electron chi connectivity index (χ2n) is 8.39. The molecule has 1 unspecified atom stereocenters. The Morgan fingerprint density at radius 2 is 1.78 bits per heavy atom. The van der Waals surface area contributed by atoms with Gasteiger partial charge in [0.15, 0.2) is 5.75 Å². The lowest BCUT2D eigenvalue weighted by molar-refractivity contribution is -0.142. The molecule has 0 saturated carbocycles. The van der Waals surface area contributed by atoms with Gasteiger partial charge in [-0.1, -0.05) is 58.4 Å². The van der Waals surface area contributed by atoms with Crippen LogP contribution < -0.4 is 21.4 Å². The number of hydrogen-bond donors (Lipinski definition) is 2. The van der Waals surface area contributed by atoms with E-state index >= 15 is 0 Å². The van der Waals surface area contributed by atoms with Gasteiger partial charge in [-0.2, -0.15) is 0 Å². The van der Waals surface area contributed by atoms with E-state index in [2.05, 4.69) is 21.2 Å². The van der Waals surface area contributed by atoms with Gasteiger partial charge in [-0.15, -0.1) is 0 Å². The van der Waals surface area contributed by atoms with Crippen LogP contribution in [-0.4, -0.2) is 11.9 Å². The quantitative estimate of drug-likeness (QED) is 0.294. The van der Waals surface area contributed by atoms with Gasteiger partial charge in [0, 0.05) is 15.7 Å². The molecule has 1 amide bonds. The van der Waals surface area contributed by atoms with Crippen LogP contribution in [0.1, 0.15) is 16.7 Å². The topological polar surface area (TPSA) is 121 Å². The summed E-state index contributed by atoms with van der Waals surface area (Å²) in [4.78, 5) is 40.9. The Morgan fingerprint density at radius 3 is 2.58 bits per heavy atom. The molecule has 178 valence electrons. The molecule has 4 aromatic rings. The molecule has 3 aromatic carbocycles. The molecule has 0 bridgehead atoms. The van der Waals surface area contributed by atoms with Crippen LogP contribution in [0.4, 0.5) is 5.69 Å². The molecule has 2 aliphatic heterocycles. The van der Waals surface area contributed by atoms with Crippen molar-refractivity contribution < 1.29 is 23.5 Å². The minimum atomic E-state index is -1.95. The molecular formula is C27H17BrN2O6. The maximum atomic E-state index is 13.8.